The minimum Gasteiger partial charge on any atom is -0.371 e. The van der Waals surface area contributed by atoms with Gasteiger partial charge in [0.2, 0.25) is 11.8 Å². The maximum Gasteiger partial charge on any atom is 0.239 e. The van der Waals surface area contributed by atoms with Gasteiger partial charge in [0.15, 0.2) is 0 Å². The largest absolute Gasteiger partial charge is 0.371 e. The zero-order chi connectivity index (χ0) is 15.9. The maximum atomic E-state index is 12.9. The summed E-state index contributed by atoms with van der Waals surface area (Å²) in [6.07, 6.45) is 0.965. The molecule has 0 aliphatic carbocycles. The fraction of sp³-hybridized carbons (Fsp3) is 0.467. The topological polar surface area (TPSA) is 87.5 Å². The molecule has 1 aromatic rings. The van der Waals surface area contributed by atoms with Crippen LogP contribution in [0, 0.1) is 11.7 Å². The molecule has 2 rings (SSSR count). The van der Waals surface area contributed by atoms with Gasteiger partial charge in [0.1, 0.15) is 5.82 Å². The van der Waals surface area contributed by atoms with Crippen molar-refractivity contribution in [3.05, 3.63) is 30.1 Å². The molecule has 2 amide bonds. The Morgan fingerprint density at radius 1 is 1.17 bits per heavy atom. The monoisotopic (exact) mass is 380 g/mol. The van der Waals surface area contributed by atoms with Crippen molar-refractivity contribution in [1.29, 1.82) is 0 Å². The quantitative estimate of drug-likeness (QED) is 0.677. The molecule has 24 heavy (non-hydrogen) atoms. The first-order valence-electron chi connectivity index (χ1n) is 7.32. The zero-order valence-electron chi connectivity index (χ0n) is 13.2. The van der Waals surface area contributed by atoms with Crippen molar-refractivity contribution in [3.8, 4) is 0 Å². The van der Waals surface area contributed by atoms with Gasteiger partial charge in [-0.2, -0.15) is 0 Å². The molecule has 1 aliphatic rings. The van der Waals surface area contributed by atoms with E-state index in [0.29, 0.717) is 12.5 Å². The summed E-state index contributed by atoms with van der Waals surface area (Å²) in [5.74, 6) is -0.467. The van der Waals surface area contributed by atoms with Gasteiger partial charge in [-0.25, -0.2) is 4.39 Å². The van der Waals surface area contributed by atoms with Crippen LogP contribution in [0.5, 0.6) is 0 Å². The lowest BCUT2D eigenvalue weighted by Crippen LogP contribution is -2.41. The van der Waals surface area contributed by atoms with Crippen LogP contribution < -0.4 is 21.3 Å². The Kier molecular flexibility index (Phi) is 10.3. The number of rotatable bonds is 6. The zero-order valence-corrected chi connectivity index (χ0v) is 14.8. The van der Waals surface area contributed by atoms with Crippen molar-refractivity contribution < 1.29 is 14.0 Å². The number of nitrogens with zero attached hydrogens (tertiary/aromatic N) is 1. The molecule has 1 atom stereocenters. The number of hydrogen-bond acceptors (Lipinski definition) is 4. The molecular weight excluding hydrogens is 358 g/mol. The molecule has 4 N–H and O–H groups in total. The average Bonchev–Trinajstić information content (AvgIpc) is 3.00. The molecule has 1 saturated heterocycles. The molecule has 6 nitrogen and oxygen atoms in total. The summed E-state index contributed by atoms with van der Waals surface area (Å²) in [5.41, 5.74) is 6.13. The number of benzene rings is 1. The third kappa shape index (κ3) is 6.90. The van der Waals surface area contributed by atoms with Crippen molar-refractivity contribution in [2.75, 3.05) is 37.6 Å². The lowest BCUT2D eigenvalue weighted by atomic mass is 10.1. The first-order valence-corrected chi connectivity index (χ1v) is 7.32. The molecule has 0 bridgehead atoms. The minimum absolute atomic E-state index is 0. The van der Waals surface area contributed by atoms with E-state index < -0.39 is 0 Å². The summed E-state index contributed by atoms with van der Waals surface area (Å²) in [5, 5.41) is 5.23. The van der Waals surface area contributed by atoms with E-state index in [1.807, 2.05) is 0 Å². The number of hydrogen-bond donors (Lipinski definition) is 3. The standard InChI is InChI=1S/C15H21FN4O2.2ClH/c16-12-1-3-13(4-2-12)20-6-5-11(10-20)8-18-15(22)9-19-14(21)7-17;;/h1-4,11H,5-10,17H2,(H,18,22)(H,19,21);2*1H. The van der Waals surface area contributed by atoms with E-state index in [1.165, 1.54) is 12.1 Å². The predicted octanol–water partition coefficient (Wildman–Crippen LogP) is 0.687. The van der Waals surface area contributed by atoms with Crippen LogP contribution in [0.25, 0.3) is 0 Å². The predicted molar refractivity (Wildman–Crippen MR) is 96.3 cm³/mol. The van der Waals surface area contributed by atoms with Crippen LogP contribution in [-0.2, 0) is 9.59 Å². The van der Waals surface area contributed by atoms with Gasteiger partial charge < -0.3 is 21.3 Å². The van der Waals surface area contributed by atoms with E-state index in [-0.39, 0.29) is 55.5 Å². The summed E-state index contributed by atoms with van der Waals surface area (Å²) >= 11 is 0. The van der Waals surface area contributed by atoms with Crippen LogP contribution in [0.4, 0.5) is 10.1 Å². The summed E-state index contributed by atoms with van der Waals surface area (Å²) in [6.45, 7) is 2.10. The summed E-state index contributed by atoms with van der Waals surface area (Å²) in [4.78, 5) is 24.7. The van der Waals surface area contributed by atoms with Crippen LogP contribution >= 0.6 is 24.8 Å². The van der Waals surface area contributed by atoms with E-state index in [1.54, 1.807) is 12.1 Å². The second-order valence-electron chi connectivity index (χ2n) is 5.36. The lowest BCUT2D eigenvalue weighted by molar-refractivity contribution is -0.125. The fourth-order valence-electron chi connectivity index (χ4n) is 2.46. The highest BCUT2D eigenvalue weighted by molar-refractivity contribution is 5.86. The van der Waals surface area contributed by atoms with Gasteiger partial charge in [-0.1, -0.05) is 0 Å². The van der Waals surface area contributed by atoms with Crippen molar-refractivity contribution in [2.24, 2.45) is 11.7 Å². The van der Waals surface area contributed by atoms with E-state index in [0.717, 1.165) is 25.2 Å². The Labute approximate surface area is 153 Å². The Morgan fingerprint density at radius 3 is 2.46 bits per heavy atom. The van der Waals surface area contributed by atoms with Gasteiger partial charge in [0, 0.05) is 25.3 Å². The molecule has 0 spiro atoms. The highest BCUT2D eigenvalue weighted by Gasteiger charge is 2.23. The fourth-order valence-corrected chi connectivity index (χ4v) is 2.46. The number of anilines is 1. The second-order valence-corrected chi connectivity index (χ2v) is 5.36. The average molecular weight is 381 g/mol. The third-order valence-electron chi connectivity index (χ3n) is 3.70. The normalized spacial score (nSPS) is 15.9. The molecule has 1 fully saturated rings. The highest BCUT2D eigenvalue weighted by atomic mass is 35.5. The van der Waals surface area contributed by atoms with Crippen molar-refractivity contribution in [3.63, 3.8) is 0 Å². The number of nitrogens with two attached hydrogens (primary N) is 1. The molecule has 0 radical (unpaired) electrons. The van der Waals surface area contributed by atoms with Gasteiger partial charge in [0.25, 0.3) is 0 Å². The van der Waals surface area contributed by atoms with Gasteiger partial charge in [-0.05, 0) is 36.6 Å². The highest BCUT2D eigenvalue weighted by Crippen LogP contribution is 2.23. The van der Waals surface area contributed by atoms with Crippen LogP contribution in [0.15, 0.2) is 24.3 Å². The summed E-state index contributed by atoms with van der Waals surface area (Å²) in [6, 6.07) is 6.42. The Bertz CT molecular complexity index is 531. The van der Waals surface area contributed by atoms with E-state index in [9.17, 15) is 14.0 Å². The van der Waals surface area contributed by atoms with Crippen molar-refractivity contribution in [2.45, 2.75) is 6.42 Å². The Hall–Kier alpha value is -1.57. The smallest absolute Gasteiger partial charge is 0.239 e. The third-order valence-corrected chi connectivity index (χ3v) is 3.70. The van der Waals surface area contributed by atoms with E-state index >= 15 is 0 Å². The number of halogens is 3. The van der Waals surface area contributed by atoms with Crippen molar-refractivity contribution >= 4 is 42.3 Å². The summed E-state index contributed by atoms with van der Waals surface area (Å²) in [7, 11) is 0. The van der Waals surface area contributed by atoms with Crippen LogP contribution in [0.1, 0.15) is 6.42 Å². The molecule has 136 valence electrons. The second kappa shape index (κ2) is 11.1. The SMILES string of the molecule is Cl.Cl.NCC(=O)NCC(=O)NCC1CCN(c2ccc(F)cc2)C1. The number of carbonyl (C=O) groups is 2. The molecule has 0 saturated carbocycles. The minimum atomic E-state index is -0.349. The number of carbonyl (C=O) groups excluding carboxylic acids is 2. The van der Waals surface area contributed by atoms with Gasteiger partial charge in [-0.3, -0.25) is 9.59 Å². The first-order chi connectivity index (χ1) is 10.6. The molecule has 1 aliphatic heterocycles. The van der Waals surface area contributed by atoms with Crippen molar-refractivity contribution in [1.82, 2.24) is 10.6 Å². The van der Waals surface area contributed by atoms with E-state index in [2.05, 4.69) is 15.5 Å². The van der Waals surface area contributed by atoms with Gasteiger partial charge in [-0.15, -0.1) is 24.8 Å². The molecule has 1 unspecified atom stereocenters. The Balaban J connectivity index is 0.00000264. The van der Waals surface area contributed by atoms with Gasteiger partial charge in [0.05, 0.1) is 13.1 Å². The molecule has 1 heterocycles. The number of nitrogens with one attached hydrogen (secondary N) is 2. The molecular formula is C15H23Cl2FN4O2. The maximum absolute atomic E-state index is 12.9. The molecule has 0 aromatic heterocycles. The van der Waals surface area contributed by atoms with Gasteiger partial charge >= 0.3 is 0 Å². The summed E-state index contributed by atoms with van der Waals surface area (Å²) < 4.78 is 12.9. The van der Waals surface area contributed by atoms with Crippen LogP contribution in [0.3, 0.4) is 0 Å². The van der Waals surface area contributed by atoms with E-state index in [4.69, 9.17) is 5.73 Å². The lowest BCUT2D eigenvalue weighted by Gasteiger charge is -2.18. The Morgan fingerprint density at radius 2 is 1.83 bits per heavy atom. The molecule has 9 heteroatoms. The van der Waals surface area contributed by atoms with Crippen LogP contribution in [0.2, 0.25) is 0 Å². The molecule has 1 aromatic carbocycles. The first kappa shape index (κ1) is 22.4. The van der Waals surface area contributed by atoms with Crippen LogP contribution in [-0.4, -0.2) is 44.5 Å². The number of amides is 2.